The van der Waals surface area contributed by atoms with Crippen molar-refractivity contribution in [2.24, 2.45) is 0 Å². The third-order valence-electron chi connectivity index (χ3n) is 4.61. The van der Waals surface area contributed by atoms with Crippen LogP contribution in [0.4, 0.5) is 5.82 Å². The quantitative estimate of drug-likeness (QED) is 0.840. The summed E-state index contributed by atoms with van der Waals surface area (Å²) in [7, 11) is 0. The Morgan fingerprint density at radius 1 is 1.25 bits per heavy atom. The number of nitrogens with zero attached hydrogens (tertiary/aromatic N) is 4. The van der Waals surface area contributed by atoms with Crippen molar-refractivity contribution in [3.8, 4) is 6.07 Å². The second-order valence-corrected chi connectivity index (χ2v) is 7.33. The topological polar surface area (TPSA) is 74.1 Å². The molecule has 2 aromatic heterocycles. The van der Waals surface area contributed by atoms with Crippen LogP contribution in [0, 0.1) is 11.3 Å². The van der Waals surface area contributed by atoms with Gasteiger partial charge in [0.1, 0.15) is 16.5 Å². The molecule has 7 heteroatoms. The lowest BCUT2D eigenvalue weighted by Crippen LogP contribution is -2.36. The van der Waals surface area contributed by atoms with E-state index in [4.69, 9.17) is 20.0 Å². The number of nitriles is 1. The van der Waals surface area contributed by atoms with Crippen LogP contribution in [0.3, 0.4) is 0 Å². The molecule has 126 valence electrons. The van der Waals surface area contributed by atoms with Gasteiger partial charge in [-0.15, -0.1) is 11.3 Å². The first-order chi connectivity index (χ1) is 11.8. The van der Waals surface area contributed by atoms with Gasteiger partial charge in [0.15, 0.2) is 0 Å². The van der Waals surface area contributed by atoms with Gasteiger partial charge < -0.3 is 10.1 Å². The van der Waals surface area contributed by atoms with Gasteiger partial charge >= 0.3 is 0 Å². The summed E-state index contributed by atoms with van der Waals surface area (Å²) < 4.78 is 5.41. The summed E-state index contributed by atoms with van der Waals surface area (Å²) in [5.41, 5.74) is 1.42. The third-order valence-corrected chi connectivity index (χ3v) is 5.79. The van der Waals surface area contributed by atoms with Gasteiger partial charge in [0.05, 0.1) is 37.6 Å². The van der Waals surface area contributed by atoms with E-state index in [1.54, 1.807) is 0 Å². The molecule has 2 aromatic rings. The van der Waals surface area contributed by atoms with Crippen LogP contribution in [0.25, 0.3) is 10.2 Å². The number of nitrogens with one attached hydrogen (secondary N) is 1. The number of ether oxygens (including phenoxy) is 1. The van der Waals surface area contributed by atoms with Crippen molar-refractivity contribution >= 4 is 27.4 Å². The van der Waals surface area contributed by atoms with E-state index in [-0.39, 0.29) is 0 Å². The van der Waals surface area contributed by atoms with Crippen LogP contribution in [-0.4, -0.2) is 47.7 Å². The molecular formula is C17H21N5OS. The largest absolute Gasteiger partial charge is 0.379 e. The van der Waals surface area contributed by atoms with Crippen molar-refractivity contribution < 1.29 is 4.74 Å². The van der Waals surface area contributed by atoms with E-state index in [2.05, 4.69) is 16.3 Å². The third kappa shape index (κ3) is 3.09. The van der Waals surface area contributed by atoms with E-state index in [9.17, 15) is 0 Å². The van der Waals surface area contributed by atoms with Crippen molar-refractivity contribution in [1.82, 2.24) is 14.9 Å². The van der Waals surface area contributed by atoms with Crippen molar-refractivity contribution in [2.45, 2.75) is 32.2 Å². The molecule has 0 unspecified atom stereocenters. The molecule has 0 amide bonds. The van der Waals surface area contributed by atoms with Gasteiger partial charge in [-0.25, -0.2) is 9.97 Å². The van der Waals surface area contributed by atoms with Crippen LogP contribution in [0.2, 0.25) is 0 Å². The Balaban J connectivity index is 1.66. The molecule has 24 heavy (non-hydrogen) atoms. The fraction of sp³-hybridized carbons (Fsp3) is 0.588. The highest BCUT2D eigenvalue weighted by Gasteiger charge is 2.23. The van der Waals surface area contributed by atoms with Gasteiger partial charge in [0.2, 0.25) is 0 Å². The van der Waals surface area contributed by atoms with E-state index in [0.29, 0.717) is 13.0 Å². The average molecular weight is 343 g/mol. The molecule has 0 atom stereocenters. The lowest BCUT2D eigenvalue weighted by molar-refractivity contribution is 0.0331. The van der Waals surface area contributed by atoms with E-state index < -0.39 is 0 Å². The maximum absolute atomic E-state index is 8.80. The summed E-state index contributed by atoms with van der Waals surface area (Å²) in [6, 6.07) is 2.19. The van der Waals surface area contributed by atoms with E-state index in [1.807, 2.05) is 11.3 Å². The molecule has 1 aliphatic heterocycles. The first kappa shape index (κ1) is 15.8. The molecule has 1 N–H and O–H groups in total. The summed E-state index contributed by atoms with van der Waals surface area (Å²) in [6.07, 6.45) is 3.99. The van der Waals surface area contributed by atoms with E-state index in [0.717, 1.165) is 62.2 Å². The molecule has 0 saturated carbocycles. The maximum atomic E-state index is 8.80. The average Bonchev–Trinajstić information content (AvgIpc) is 3.16. The molecule has 0 radical (unpaired) electrons. The van der Waals surface area contributed by atoms with Gasteiger partial charge in [0, 0.05) is 24.5 Å². The molecule has 4 rings (SSSR count). The SMILES string of the molecule is N#CCCNc1nc(CN2CCOCC2)nc2sc3c(c12)CCC3. The fourth-order valence-corrected chi connectivity index (χ4v) is 4.71. The summed E-state index contributed by atoms with van der Waals surface area (Å²) in [6.45, 7) is 4.81. The van der Waals surface area contributed by atoms with Crippen LogP contribution in [-0.2, 0) is 24.1 Å². The zero-order valence-corrected chi connectivity index (χ0v) is 14.5. The molecular weight excluding hydrogens is 322 g/mol. The van der Waals surface area contributed by atoms with Crippen LogP contribution >= 0.6 is 11.3 Å². The number of anilines is 1. The number of hydrogen-bond acceptors (Lipinski definition) is 7. The predicted octanol–water partition coefficient (Wildman–Crippen LogP) is 2.34. The molecule has 3 heterocycles. The Kier molecular flexibility index (Phi) is 4.60. The number of thiophene rings is 1. The molecule has 2 aliphatic rings. The minimum Gasteiger partial charge on any atom is -0.379 e. The van der Waals surface area contributed by atoms with Crippen molar-refractivity contribution in [3.63, 3.8) is 0 Å². The lowest BCUT2D eigenvalue weighted by Gasteiger charge is -2.25. The Morgan fingerprint density at radius 3 is 2.96 bits per heavy atom. The first-order valence-electron chi connectivity index (χ1n) is 8.57. The fourth-order valence-electron chi connectivity index (χ4n) is 3.43. The van der Waals surface area contributed by atoms with E-state index >= 15 is 0 Å². The van der Waals surface area contributed by atoms with Crippen LogP contribution in [0.15, 0.2) is 0 Å². The van der Waals surface area contributed by atoms with Crippen LogP contribution < -0.4 is 5.32 Å². The highest BCUT2D eigenvalue weighted by molar-refractivity contribution is 7.19. The Labute approximate surface area is 145 Å². The number of aromatic nitrogens is 2. The summed E-state index contributed by atoms with van der Waals surface area (Å²) in [5, 5.41) is 13.4. The summed E-state index contributed by atoms with van der Waals surface area (Å²) in [4.78, 5) is 14.5. The second kappa shape index (κ2) is 7.01. The number of hydrogen-bond donors (Lipinski definition) is 1. The minimum atomic E-state index is 0.483. The standard InChI is InChI=1S/C17H21N5OS/c18-5-2-6-19-16-15-12-3-1-4-13(12)24-17(15)21-14(20-16)11-22-7-9-23-10-8-22/h1-4,6-11H2,(H,19,20,21). The molecule has 1 saturated heterocycles. The van der Waals surface area contributed by atoms with Gasteiger partial charge in [0.25, 0.3) is 0 Å². The number of fused-ring (bicyclic) bond motifs is 3. The lowest BCUT2D eigenvalue weighted by atomic mass is 10.2. The highest BCUT2D eigenvalue weighted by Crippen LogP contribution is 2.39. The Bertz CT molecular complexity index is 775. The van der Waals surface area contributed by atoms with E-state index in [1.165, 1.54) is 22.2 Å². The van der Waals surface area contributed by atoms with Gasteiger partial charge in [-0.05, 0) is 24.8 Å². The normalized spacial score (nSPS) is 17.8. The number of aryl methyl sites for hydroxylation is 2. The van der Waals surface area contributed by atoms with Gasteiger partial charge in [-0.3, -0.25) is 4.90 Å². The first-order valence-corrected chi connectivity index (χ1v) is 9.39. The smallest absolute Gasteiger partial charge is 0.146 e. The zero-order chi connectivity index (χ0) is 16.4. The predicted molar refractivity (Wildman–Crippen MR) is 94.3 cm³/mol. The van der Waals surface area contributed by atoms with Crippen LogP contribution in [0.1, 0.15) is 29.1 Å². The molecule has 1 fully saturated rings. The number of rotatable bonds is 5. The van der Waals surface area contributed by atoms with Gasteiger partial charge in [-0.2, -0.15) is 5.26 Å². The monoisotopic (exact) mass is 343 g/mol. The second-order valence-electron chi connectivity index (χ2n) is 6.25. The zero-order valence-electron chi connectivity index (χ0n) is 13.7. The molecule has 1 aliphatic carbocycles. The molecule has 0 bridgehead atoms. The highest BCUT2D eigenvalue weighted by atomic mass is 32.1. The van der Waals surface area contributed by atoms with Crippen molar-refractivity contribution in [3.05, 3.63) is 16.3 Å². The summed E-state index contributed by atoms with van der Waals surface area (Å²) in [5.74, 6) is 1.78. The van der Waals surface area contributed by atoms with Gasteiger partial charge in [-0.1, -0.05) is 0 Å². The molecule has 0 aromatic carbocycles. The van der Waals surface area contributed by atoms with Crippen molar-refractivity contribution in [1.29, 1.82) is 5.26 Å². The summed E-state index contributed by atoms with van der Waals surface area (Å²) >= 11 is 1.82. The van der Waals surface area contributed by atoms with Crippen LogP contribution in [0.5, 0.6) is 0 Å². The minimum absolute atomic E-state index is 0.483. The van der Waals surface area contributed by atoms with Crippen molar-refractivity contribution in [2.75, 3.05) is 38.2 Å². The molecule has 0 spiro atoms. The number of morpholine rings is 1. The molecule has 6 nitrogen and oxygen atoms in total. The Morgan fingerprint density at radius 2 is 2.12 bits per heavy atom. The Hall–Kier alpha value is -1.75. The maximum Gasteiger partial charge on any atom is 0.146 e.